The van der Waals surface area contributed by atoms with Crippen molar-refractivity contribution in [2.45, 2.75) is 13.3 Å². The van der Waals surface area contributed by atoms with Crippen LogP contribution in [-0.2, 0) is 15.9 Å². The average Bonchev–Trinajstić information content (AvgIpc) is 2.43. The molecule has 1 aromatic rings. The number of ether oxygens (including phenoxy) is 2. The average molecular weight is 269 g/mol. The molecule has 0 aliphatic rings. The van der Waals surface area contributed by atoms with Crippen LogP contribution < -0.4 is 5.32 Å². The van der Waals surface area contributed by atoms with E-state index in [2.05, 4.69) is 5.32 Å². The lowest BCUT2D eigenvalue weighted by molar-refractivity contribution is 0.108. The van der Waals surface area contributed by atoms with Crippen molar-refractivity contribution in [3.63, 3.8) is 0 Å². The fraction of sp³-hybridized carbons (Fsp3) is 0.600. The van der Waals surface area contributed by atoms with E-state index in [0.717, 1.165) is 31.7 Å². The Morgan fingerprint density at radius 1 is 1.26 bits per heavy atom. The Balaban J connectivity index is 2.41. The highest BCUT2D eigenvalue weighted by Gasteiger charge is 2.10. The van der Waals surface area contributed by atoms with Gasteiger partial charge in [0.1, 0.15) is 5.82 Å². The predicted octanol–water partition coefficient (Wildman–Crippen LogP) is 2.26. The summed E-state index contributed by atoms with van der Waals surface area (Å²) in [5.74, 6) is 0.200. The molecule has 108 valence electrons. The van der Waals surface area contributed by atoms with Crippen LogP contribution in [0.2, 0.25) is 0 Å². The minimum absolute atomic E-state index is 0.191. The van der Waals surface area contributed by atoms with Crippen LogP contribution in [-0.4, -0.2) is 40.0 Å². The summed E-state index contributed by atoms with van der Waals surface area (Å²) < 4.78 is 23.4. The van der Waals surface area contributed by atoms with Gasteiger partial charge in [0, 0.05) is 26.8 Å². The fourth-order valence-electron chi connectivity index (χ4n) is 1.91. The molecule has 1 aromatic carbocycles. The highest BCUT2D eigenvalue weighted by Crippen LogP contribution is 2.10. The van der Waals surface area contributed by atoms with Crippen LogP contribution >= 0.6 is 0 Å². The van der Waals surface area contributed by atoms with E-state index < -0.39 is 0 Å². The van der Waals surface area contributed by atoms with Crippen molar-refractivity contribution < 1.29 is 13.9 Å². The molecule has 0 amide bonds. The van der Waals surface area contributed by atoms with Crippen molar-refractivity contribution in [1.29, 1.82) is 0 Å². The van der Waals surface area contributed by atoms with Crippen LogP contribution in [0.4, 0.5) is 4.39 Å². The van der Waals surface area contributed by atoms with Crippen LogP contribution in [0.25, 0.3) is 0 Å². The second kappa shape index (κ2) is 9.89. The minimum atomic E-state index is -0.191. The Morgan fingerprint density at radius 2 is 2.00 bits per heavy atom. The van der Waals surface area contributed by atoms with E-state index in [1.807, 2.05) is 19.1 Å². The van der Waals surface area contributed by atoms with E-state index in [1.54, 1.807) is 7.11 Å². The topological polar surface area (TPSA) is 30.5 Å². The molecule has 19 heavy (non-hydrogen) atoms. The first-order valence-corrected chi connectivity index (χ1v) is 6.78. The number of rotatable bonds is 10. The summed E-state index contributed by atoms with van der Waals surface area (Å²) in [6, 6.07) is 6.68. The van der Waals surface area contributed by atoms with Gasteiger partial charge in [-0.3, -0.25) is 0 Å². The zero-order chi connectivity index (χ0) is 13.9. The van der Waals surface area contributed by atoms with E-state index in [0.29, 0.717) is 19.1 Å². The third-order valence-corrected chi connectivity index (χ3v) is 2.91. The summed E-state index contributed by atoms with van der Waals surface area (Å²) in [7, 11) is 1.69. The lowest BCUT2D eigenvalue weighted by atomic mass is 10.00. The van der Waals surface area contributed by atoms with Gasteiger partial charge in [-0.25, -0.2) is 4.39 Å². The summed E-state index contributed by atoms with van der Waals surface area (Å²) in [5, 5.41) is 3.35. The number of benzene rings is 1. The second-order valence-corrected chi connectivity index (χ2v) is 4.55. The van der Waals surface area contributed by atoms with Crippen molar-refractivity contribution in [2.24, 2.45) is 5.92 Å². The largest absolute Gasteiger partial charge is 0.383 e. The van der Waals surface area contributed by atoms with Crippen molar-refractivity contribution in [1.82, 2.24) is 5.32 Å². The Hall–Kier alpha value is -0.970. The van der Waals surface area contributed by atoms with Crippen LogP contribution in [0, 0.1) is 11.7 Å². The van der Waals surface area contributed by atoms with Gasteiger partial charge < -0.3 is 14.8 Å². The maximum Gasteiger partial charge on any atom is 0.123 e. The fourth-order valence-corrected chi connectivity index (χ4v) is 1.91. The lowest BCUT2D eigenvalue weighted by Crippen LogP contribution is -2.30. The van der Waals surface area contributed by atoms with E-state index in [4.69, 9.17) is 9.47 Å². The highest BCUT2D eigenvalue weighted by atomic mass is 19.1. The molecule has 0 heterocycles. The van der Waals surface area contributed by atoms with Gasteiger partial charge in [0.25, 0.3) is 0 Å². The Labute approximate surface area is 115 Å². The molecule has 0 fully saturated rings. The van der Waals surface area contributed by atoms with Crippen molar-refractivity contribution >= 4 is 0 Å². The van der Waals surface area contributed by atoms with Crippen molar-refractivity contribution in [2.75, 3.05) is 40.0 Å². The van der Waals surface area contributed by atoms with E-state index in [1.165, 1.54) is 12.1 Å². The Kier molecular flexibility index (Phi) is 8.38. The molecule has 1 atom stereocenters. The molecule has 0 saturated heterocycles. The molecule has 0 spiro atoms. The molecule has 0 aromatic heterocycles. The third kappa shape index (κ3) is 7.25. The molecule has 0 aliphatic carbocycles. The van der Waals surface area contributed by atoms with Crippen LogP contribution in [0.3, 0.4) is 0 Å². The number of hydrogen-bond donors (Lipinski definition) is 1. The summed E-state index contributed by atoms with van der Waals surface area (Å²) in [4.78, 5) is 0. The SMILES string of the molecule is CCOCC(CNCCOC)Cc1ccc(F)cc1. The summed E-state index contributed by atoms with van der Waals surface area (Å²) in [6.07, 6.45) is 0.889. The number of nitrogens with one attached hydrogen (secondary N) is 1. The van der Waals surface area contributed by atoms with Crippen molar-refractivity contribution in [3.8, 4) is 0 Å². The lowest BCUT2D eigenvalue weighted by Gasteiger charge is -2.17. The van der Waals surface area contributed by atoms with E-state index >= 15 is 0 Å². The van der Waals surface area contributed by atoms with Crippen LogP contribution in [0.5, 0.6) is 0 Å². The van der Waals surface area contributed by atoms with Crippen LogP contribution in [0.15, 0.2) is 24.3 Å². The predicted molar refractivity (Wildman–Crippen MR) is 74.8 cm³/mol. The molecule has 0 radical (unpaired) electrons. The maximum absolute atomic E-state index is 12.9. The van der Waals surface area contributed by atoms with Gasteiger partial charge in [-0.15, -0.1) is 0 Å². The molecule has 0 bridgehead atoms. The van der Waals surface area contributed by atoms with Crippen LogP contribution in [0.1, 0.15) is 12.5 Å². The van der Waals surface area contributed by atoms with Crippen molar-refractivity contribution in [3.05, 3.63) is 35.6 Å². The Bertz CT molecular complexity index is 329. The van der Waals surface area contributed by atoms with Gasteiger partial charge in [0.2, 0.25) is 0 Å². The smallest absolute Gasteiger partial charge is 0.123 e. The summed E-state index contributed by atoms with van der Waals surface area (Å²) in [5.41, 5.74) is 1.14. The molecular formula is C15H24FNO2. The zero-order valence-electron chi connectivity index (χ0n) is 11.8. The molecule has 3 nitrogen and oxygen atoms in total. The monoisotopic (exact) mass is 269 g/mol. The quantitative estimate of drug-likeness (QED) is 0.661. The number of methoxy groups -OCH3 is 1. The molecule has 4 heteroatoms. The number of halogens is 1. The molecule has 1 rings (SSSR count). The van der Waals surface area contributed by atoms with Gasteiger partial charge >= 0.3 is 0 Å². The standard InChI is InChI=1S/C15H24FNO2/c1-3-19-12-14(11-17-8-9-18-2)10-13-4-6-15(16)7-5-13/h4-7,14,17H,3,8-12H2,1-2H3. The van der Waals surface area contributed by atoms with Gasteiger partial charge in [0.05, 0.1) is 13.2 Å². The third-order valence-electron chi connectivity index (χ3n) is 2.91. The zero-order valence-corrected chi connectivity index (χ0v) is 11.8. The first-order valence-electron chi connectivity index (χ1n) is 6.78. The van der Waals surface area contributed by atoms with Gasteiger partial charge in [-0.05, 0) is 37.0 Å². The first-order chi connectivity index (χ1) is 9.26. The normalized spacial score (nSPS) is 12.6. The molecule has 0 aliphatic heterocycles. The molecular weight excluding hydrogens is 245 g/mol. The van der Waals surface area contributed by atoms with Gasteiger partial charge in [-0.2, -0.15) is 0 Å². The minimum Gasteiger partial charge on any atom is -0.383 e. The molecule has 1 unspecified atom stereocenters. The second-order valence-electron chi connectivity index (χ2n) is 4.55. The summed E-state index contributed by atoms with van der Waals surface area (Å²) in [6.45, 7) is 5.85. The van der Waals surface area contributed by atoms with Gasteiger partial charge in [-0.1, -0.05) is 12.1 Å². The first kappa shape index (κ1) is 16.1. The molecule has 1 N–H and O–H groups in total. The maximum atomic E-state index is 12.9. The van der Waals surface area contributed by atoms with Gasteiger partial charge in [0.15, 0.2) is 0 Å². The van der Waals surface area contributed by atoms with E-state index in [9.17, 15) is 4.39 Å². The van der Waals surface area contributed by atoms with E-state index in [-0.39, 0.29) is 5.82 Å². The highest BCUT2D eigenvalue weighted by molar-refractivity contribution is 5.16. The Morgan fingerprint density at radius 3 is 2.63 bits per heavy atom. The summed E-state index contributed by atoms with van der Waals surface area (Å²) >= 11 is 0. The number of hydrogen-bond acceptors (Lipinski definition) is 3. The molecule has 0 saturated carbocycles.